The predicted molar refractivity (Wildman–Crippen MR) is 96.1 cm³/mol. The van der Waals surface area contributed by atoms with Gasteiger partial charge in [-0.15, -0.1) is 11.8 Å². The number of rotatable bonds is 5. The van der Waals surface area contributed by atoms with Gasteiger partial charge in [0, 0.05) is 22.8 Å². The van der Waals surface area contributed by atoms with Gasteiger partial charge in [0.05, 0.1) is 0 Å². The van der Waals surface area contributed by atoms with Gasteiger partial charge in [-0.2, -0.15) is 0 Å². The molecule has 130 valence electrons. The highest BCUT2D eigenvalue weighted by atomic mass is 35.5. The van der Waals surface area contributed by atoms with Crippen molar-refractivity contribution in [2.24, 2.45) is 5.92 Å². The van der Waals surface area contributed by atoms with Gasteiger partial charge in [0.15, 0.2) is 0 Å². The molecule has 2 atom stereocenters. The van der Waals surface area contributed by atoms with Crippen LogP contribution in [-0.2, 0) is 9.59 Å². The topological polar surface area (TPSA) is 57.6 Å². The molecule has 0 aromatic heterocycles. The first-order valence-corrected chi connectivity index (χ1v) is 9.90. The first kappa shape index (κ1) is 17.6. The number of halogens is 1. The van der Waals surface area contributed by atoms with Crippen LogP contribution in [0.4, 0.5) is 0 Å². The van der Waals surface area contributed by atoms with E-state index in [1.165, 1.54) is 37.4 Å². The number of carbonyl (C=O) groups excluding carboxylic acids is 1. The lowest BCUT2D eigenvalue weighted by molar-refractivity contribution is -0.149. The van der Waals surface area contributed by atoms with E-state index in [4.69, 9.17) is 11.6 Å². The van der Waals surface area contributed by atoms with E-state index in [9.17, 15) is 14.7 Å². The third-order valence-corrected chi connectivity index (χ3v) is 6.64. The van der Waals surface area contributed by atoms with Crippen LogP contribution in [-0.4, -0.2) is 33.7 Å². The number of carboxylic acid groups (broad SMARTS) is 1. The largest absolute Gasteiger partial charge is 0.480 e. The fourth-order valence-corrected chi connectivity index (χ4v) is 5.45. The maximum Gasteiger partial charge on any atom is 0.327 e. The molecule has 4 nitrogen and oxygen atoms in total. The Kier molecular flexibility index (Phi) is 5.72. The van der Waals surface area contributed by atoms with Crippen LogP contribution in [0.3, 0.4) is 0 Å². The molecule has 2 unspecified atom stereocenters. The van der Waals surface area contributed by atoms with Gasteiger partial charge in [0.25, 0.3) is 0 Å². The first-order valence-electron chi connectivity index (χ1n) is 8.48. The van der Waals surface area contributed by atoms with Gasteiger partial charge in [0.1, 0.15) is 11.4 Å². The quantitative estimate of drug-likeness (QED) is 0.841. The molecule has 2 fully saturated rings. The molecule has 1 N–H and O–H groups in total. The van der Waals surface area contributed by atoms with Crippen molar-refractivity contribution in [1.82, 2.24) is 4.90 Å². The maximum absolute atomic E-state index is 12.8. The van der Waals surface area contributed by atoms with Crippen molar-refractivity contribution in [2.75, 3.05) is 5.75 Å². The molecule has 1 aromatic rings. The third-order valence-electron chi connectivity index (χ3n) is 4.99. The lowest BCUT2D eigenvalue weighted by atomic mass is 10.0. The Morgan fingerprint density at radius 2 is 1.96 bits per heavy atom. The highest BCUT2D eigenvalue weighted by Crippen LogP contribution is 2.44. The second-order valence-corrected chi connectivity index (χ2v) is 8.07. The Balaban J connectivity index is 1.77. The van der Waals surface area contributed by atoms with Crippen LogP contribution >= 0.6 is 23.4 Å². The summed E-state index contributed by atoms with van der Waals surface area (Å²) in [6.07, 6.45) is 6.17. The van der Waals surface area contributed by atoms with Crippen LogP contribution in [0.25, 0.3) is 0 Å². The average Bonchev–Trinajstić information content (AvgIpc) is 3.22. The van der Waals surface area contributed by atoms with E-state index in [0.29, 0.717) is 23.1 Å². The van der Waals surface area contributed by atoms with E-state index in [1.54, 1.807) is 11.0 Å². The van der Waals surface area contributed by atoms with Crippen molar-refractivity contribution in [1.29, 1.82) is 0 Å². The SMILES string of the molecule is O=C(O)C1CSC(c2ccccc2Cl)N1C(=O)CCC1CCCC1. The Morgan fingerprint density at radius 1 is 1.25 bits per heavy atom. The number of amides is 1. The average molecular weight is 368 g/mol. The maximum atomic E-state index is 12.8. The van der Waals surface area contributed by atoms with Crippen molar-refractivity contribution in [3.05, 3.63) is 34.9 Å². The molecule has 6 heteroatoms. The lowest BCUT2D eigenvalue weighted by Crippen LogP contribution is -2.43. The van der Waals surface area contributed by atoms with Gasteiger partial charge in [-0.3, -0.25) is 4.79 Å². The van der Waals surface area contributed by atoms with Gasteiger partial charge < -0.3 is 10.0 Å². The van der Waals surface area contributed by atoms with Gasteiger partial charge in [0.2, 0.25) is 5.91 Å². The Morgan fingerprint density at radius 3 is 2.62 bits per heavy atom. The van der Waals surface area contributed by atoms with E-state index in [2.05, 4.69) is 0 Å². The molecule has 3 rings (SSSR count). The van der Waals surface area contributed by atoms with Crippen molar-refractivity contribution in [3.8, 4) is 0 Å². The smallest absolute Gasteiger partial charge is 0.327 e. The van der Waals surface area contributed by atoms with Crippen LogP contribution in [0.2, 0.25) is 5.02 Å². The van der Waals surface area contributed by atoms with E-state index in [1.807, 2.05) is 18.2 Å². The summed E-state index contributed by atoms with van der Waals surface area (Å²) in [5.74, 6) is 0.0159. The minimum absolute atomic E-state index is 0.0655. The van der Waals surface area contributed by atoms with Crippen molar-refractivity contribution in [2.45, 2.75) is 49.9 Å². The van der Waals surface area contributed by atoms with Crippen LogP contribution in [0, 0.1) is 5.92 Å². The van der Waals surface area contributed by atoms with Gasteiger partial charge in [-0.05, 0) is 18.4 Å². The Bertz CT molecular complexity index is 618. The Hall–Kier alpha value is -1.20. The predicted octanol–water partition coefficient (Wildman–Crippen LogP) is 4.34. The molecule has 1 amide bonds. The molecule has 0 bridgehead atoms. The fourth-order valence-electron chi connectivity index (χ4n) is 3.67. The number of hydrogen-bond acceptors (Lipinski definition) is 3. The normalized spacial score (nSPS) is 24.5. The van der Waals surface area contributed by atoms with E-state index < -0.39 is 12.0 Å². The number of benzene rings is 1. The molecule has 1 aliphatic heterocycles. The summed E-state index contributed by atoms with van der Waals surface area (Å²) in [4.78, 5) is 26.0. The van der Waals surface area contributed by atoms with Crippen LogP contribution < -0.4 is 0 Å². The monoisotopic (exact) mass is 367 g/mol. The summed E-state index contributed by atoms with van der Waals surface area (Å²) in [6, 6.07) is 6.60. The summed E-state index contributed by atoms with van der Waals surface area (Å²) in [5, 5.41) is 9.78. The molecule has 2 aliphatic rings. The second-order valence-electron chi connectivity index (χ2n) is 6.55. The number of aliphatic carboxylic acids is 1. The number of carboxylic acids is 1. The molecule has 0 radical (unpaired) electrons. The third kappa shape index (κ3) is 3.72. The minimum Gasteiger partial charge on any atom is -0.480 e. The second kappa shape index (κ2) is 7.79. The first-order chi connectivity index (χ1) is 11.6. The van der Waals surface area contributed by atoms with Crippen LogP contribution in [0.15, 0.2) is 24.3 Å². The number of nitrogens with zero attached hydrogens (tertiary/aromatic N) is 1. The Labute approximate surface area is 151 Å². The molecule has 1 aliphatic carbocycles. The zero-order valence-electron chi connectivity index (χ0n) is 13.5. The number of hydrogen-bond donors (Lipinski definition) is 1. The van der Waals surface area contributed by atoms with Gasteiger partial charge >= 0.3 is 5.97 Å². The van der Waals surface area contributed by atoms with Gasteiger partial charge in [-0.1, -0.05) is 55.5 Å². The summed E-state index contributed by atoms with van der Waals surface area (Å²) < 4.78 is 0. The molecule has 1 saturated carbocycles. The zero-order valence-corrected chi connectivity index (χ0v) is 15.1. The summed E-state index contributed by atoms with van der Waals surface area (Å²) in [5.41, 5.74) is 0.821. The molecule has 1 heterocycles. The number of carbonyl (C=O) groups is 2. The van der Waals surface area contributed by atoms with Gasteiger partial charge in [-0.25, -0.2) is 4.79 Å². The minimum atomic E-state index is -0.939. The van der Waals surface area contributed by atoms with Crippen molar-refractivity contribution < 1.29 is 14.7 Å². The zero-order chi connectivity index (χ0) is 17.1. The van der Waals surface area contributed by atoms with E-state index in [0.717, 1.165) is 12.0 Å². The molecule has 1 saturated heterocycles. The molecule has 0 spiro atoms. The van der Waals surface area contributed by atoms with Crippen molar-refractivity contribution >= 4 is 35.2 Å². The molecular weight excluding hydrogens is 346 g/mol. The molecule has 24 heavy (non-hydrogen) atoms. The standard InChI is InChI=1S/C18H22ClNO3S/c19-14-8-4-3-7-13(14)17-20(15(11-24-17)18(22)23)16(21)10-9-12-5-1-2-6-12/h3-4,7-8,12,15,17H,1-2,5-6,9-11H2,(H,22,23). The van der Waals surface area contributed by atoms with Crippen LogP contribution in [0.5, 0.6) is 0 Å². The highest BCUT2D eigenvalue weighted by Gasteiger charge is 2.42. The molecule has 1 aromatic carbocycles. The fraction of sp³-hybridized carbons (Fsp3) is 0.556. The summed E-state index contributed by atoms with van der Waals surface area (Å²) in [6.45, 7) is 0. The van der Waals surface area contributed by atoms with Crippen molar-refractivity contribution in [3.63, 3.8) is 0 Å². The lowest BCUT2D eigenvalue weighted by Gasteiger charge is -2.28. The number of thioether (sulfide) groups is 1. The highest BCUT2D eigenvalue weighted by molar-refractivity contribution is 7.99. The van der Waals surface area contributed by atoms with Crippen LogP contribution in [0.1, 0.15) is 49.5 Å². The summed E-state index contributed by atoms with van der Waals surface area (Å²) >= 11 is 7.76. The summed E-state index contributed by atoms with van der Waals surface area (Å²) in [7, 11) is 0. The van der Waals surface area contributed by atoms with E-state index >= 15 is 0 Å². The van der Waals surface area contributed by atoms with E-state index in [-0.39, 0.29) is 11.3 Å². The molecular formula is C18H22ClNO3S.